The Bertz CT molecular complexity index is 984. The van der Waals surface area contributed by atoms with Crippen LogP contribution in [0, 0.1) is 6.92 Å². The largest absolute Gasteiger partial charge is 0.495 e. The molecular formula is C20H16O2S. The lowest BCUT2D eigenvalue weighted by atomic mass is 10.1. The van der Waals surface area contributed by atoms with Crippen LogP contribution < -0.4 is 4.74 Å². The van der Waals surface area contributed by atoms with Crippen LogP contribution in [0.1, 0.15) is 5.56 Å². The lowest BCUT2D eigenvalue weighted by Crippen LogP contribution is -1.86. The average molecular weight is 320 g/mol. The summed E-state index contributed by atoms with van der Waals surface area (Å²) in [5.41, 5.74) is 3.04. The van der Waals surface area contributed by atoms with Crippen LogP contribution in [0.4, 0.5) is 0 Å². The van der Waals surface area contributed by atoms with Crippen molar-refractivity contribution in [3.05, 3.63) is 66.2 Å². The second-order valence-electron chi connectivity index (χ2n) is 5.49. The molecule has 3 heteroatoms. The van der Waals surface area contributed by atoms with Gasteiger partial charge in [-0.3, -0.25) is 0 Å². The van der Waals surface area contributed by atoms with E-state index in [1.807, 2.05) is 24.3 Å². The van der Waals surface area contributed by atoms with E-state index >= 15 is 0 Å². The molecule has 4 rings (SSSR count). The quantitative estimate of drug-likeness (QED) is 0.458. The first kappa shape index (κ1) is 14.2. The predicted molar refractivity (Wildman–Crippen MR) is 95.6 cm³/mol. The van der Waals surface area contributed by atoms with Crippen LogP contribution in [0.15, 0.2) is 74.9 Å². The Labute approximate surface area is 139 Å². The zero-order chi connectivity index (χ0) is 15.8. The Morgan fingerprint density at radius 1 is 0.870 bits per heavy atom. The standard InChI is InChI=1S/C20H16O2S/c1-13-7-9-14(10-8-13)23-20-18(21-2)12-11-16-15-5-3-4-6-17(15)22-19(16)20/h3-12H,1-2H3. The third kappa shape index (κ3) is 2.47. The van der Waals surface area contributed by atoms with Gasteiger partial charge in [-0.1, -0.05) is 47.7 Å². The normalized spacial score (nSPS) is 11.2. The van der Waals surface area contributed by atoms with E-state index in [2.05, 4.69) is 43.3 Å². The minimum absolute atomic E-state index is 0.835. The summed E-state index contributed by atoms with van der Waals surface area (Å²) in [5.74, 6) is 0.835. The van der Waals surface area contributed by atoms with Crippen LogP contribution in [-0.4, -0.2) is 7.11 Å². The first-order chi connectivity index (χ1) is 11.3. The molecule has 1 heterocycles. The van der Waals surface area contributed by atoms with Crippen molar-refractivity contribution in [3.63, 3.8) is 0 Å². The Balaban J connectivity index is 1.93. The summed E-state index contributed by atoms with van der Waals surface area (Å²) in [4.78, 5) is 2.19. The number of hydrogen-bond acceptors (Lipinski definition) is 3. The Morgan fingerprint density at radius 3 is 2.43 bits per heavy atom. The number of aryl methyl sites for hydroxylation is 1. The summed E-state index contributed by atoms with van der Waals surface area (Å²) < 4.78 is 11.7. The molecule has 2 nitrogen and oxygen atoms in total. The zero-order valence-electron chi connectivity index (χ0n) is 13.0. The van der Waals surface area contributed by atoms with Gasteiger partial charge < -0.3 is 9.15 Å². The maximum atomic E-state index is 6.12. The molecule has 0 aliphatic carbocycles. The summed E-state index contributed by atoms with van der Waals surface area (Å²) >= 11 is 1.67. The van der Waals surface area contributed by atoms with Crippen molar-refractivity contribution < 1.29 is 9.15 Å². The van der Waals surface area contributed by atoms with Gasteiger partial charge >= 0.3 is 0 Å². The minimum Gasteiger partial charge on any atom is -0.495 e. The highest BCUT2D eigenvalue weighted by molar-refractivity contribution is 7.99. The van der Waals surface area contributed by atoms with Gasteiger partial charge in [-0.05, 0) is 37.3 Å². The molecule has 0 bridgehead atoms. The fourth-order valence-corrected chi connectivity index (χ4v) is 3.73. The smallest absolute Gasteiger partial charge is 0.153 e. The molecule has 4 aromatic rings. The van der Waals surface area contributed by atoms with Crippen molar-refractivity contribution >= 4 is 33.7 Å². The third-order valence-corrected chi connectivity index (χ3v) is 5.02. The zero-order valence-corrected chi connectivity index (χ0v) is 13.8. The van der Waals surface area contributed by atoms with E-state index in [1.165, 1.54) is 10.5 Å². The van der Waals surface area contributed by atoms with Gasteiger partial charge in [0, 0.05) is 15.7 Å². The molecule has 0 aliphatic heterocycles. The molecular weight excluding hydrogens is 304 g/mol. The lowest BCUT2D eigenvalue weighted by molar-refractivity contribution is 0.404. The van der Waals surface area contributed by atoms with E-state index < -0.39 is 0 Å². The maximum Gasteiger partial charge on any atom is 0.153 e. The average Bonchev–Trinajstić information content (AvgIpc) is 2.96. The Morgan fingerprint density at radius 2 is 1.65 bits per heavy atom. The van der Waals surface area contributed by atoms with Crippen molar-refractivity contribution in [3.8, 4) is 5.75 Å². The molecule has 0 radical (unpaired) electrons. The van der Waals surface area contributed by atoms with E-state index in [0.29, 0.717) is 0 Å². The molecule has 23 heavy (non-hydrogen) atoms. The Kier molecular flexibility index (Phi) is 3.50. The number of hydrogen-bond donors (Lipinski definition) is 0. The van der Waals surface area contributed by atoms with Crippen LogP contribution >= 0.6 is 11.8 Å². The lowest BCUT2D eigenvalue weighted by Gasteiger charge is -2.09. The fourth-order valence-electron chi connectivity index (χ4n) is 2.73. The van der Waals surface area contributed by atoms with Crippen molar-refractivity contribution in [2.24, 2.45) is 0 Å². The monoisotopic (exact) mass is 320 g/mol. The van der Waals surface area contributed by atoms with Crippen molar-refractivity contribution in [1.82, 2.24) is 0 Å². The number of benzene rings is 3. The number of rotatable bonds is 3. The van der Waals surface area contributed by atoms with Gasteiger partial charge in [0.2, 0.25) is 0 Å². The number of para-hydroxylation sites is 1. The van der Waals surface area contributed by atoms with E-state index in [0.717, 1.165) is 32.6 Å². The SMILES string of the molecule is COc1ccc2c(oc3ccccc32)c1Sc1ccc(C)cc1. The molecule has 114 valence electrons. The topological polar surface area (TPSA) is 22.4 Å². The molecule has 3 aromatic carbocycles. The summed E-state index contributed by atoms with van der Waals surface area (Å²) in [6.07, 6.45) is 0. The summed E-state index contributed by atoms with van der Waals surface area (Å²) in [6, 6.07) is 20.7. The molecule has 0 spiro atoms. The first-order valence-corrected chi connectivity index (χ1v) is 8.30. The van der Waals surface area contributed by atoms with Gasteiger partial charge in [-0.15, -0.1) is 0 Å². The summed E-state index contributed by atoms with van der Waals surface area (Å²) in [7, 11) is 1.70. The van der Waals surface area contributed by atoms with Crippen LogP contribution in [0.5, 0.6) is 5.75 Å². The van der Waals surface area contributed by atoms with Crippen molar-refractivity contribution in [1.29, 1.82) is 0 Å². The molecule has 0 atom stereocenters. The fraction of sp³-hybridized carbons (Fsp3) is 0.100. The number of ether oxygens (including phenoxy) is 1. The van der Waals surface area contributed by atoms with Crippen LogP contribution in [-0.2, 0) is 0 Å². The van der Waals surface area contributed by atoms with E-state index in [9.17, 15) is 0 Å². The highest BCUT2D eigenvalue weighted by Crippen LogP contribution is 2.43. The van der Waals surface area contributed by atoms with Gasteiger partial charge in [0.25, 0.3) is 0 Å². The highest BCUT2D eigenvalue weighted by Gasteiger charge is 2.16. The molecule has 1 aromatic heterocycles. The number of methoxy groups -OCH3 is 1. The first-order valence-electron chi connectivity index (χ1n) is 7.49. The second kappa shape index (κ2) is 5.67. The molecule has 0 saturated heterocycles. The van der Waals surface area contributed by atoms with Crippen LogP contribution in [0.3, 0.4) is 0 Å². The Hall–Kier alpha value is -2.39. The van der Waals surface area contributed by atoms with Crippen LogP contribution in [0.25, 0.3) is 21.9 Å². The van der Waals surface area contributed by atoms with Gasteiger partial charge in [0.1, 0.15) is 11.3 Å². The number of furan rings is 1. The molecule has 0 unspecified atom stereocenters. The molecule has 0 saturated carbocycles. The van der Waals surface area contributed by atoms with Crippen molar-refractivity contribution in [2.45, 2.75) is 16.7 Å². The summed E-state index contributed by atoms with van der Waals surface area (Å²) in [6.45, 7) is 2.09. The highest BCUT2D eigenvalue weighted by atomic mass is 32.2. The molecule has 0 amide bonds. The van der Waals surface area contributed by atoms with Gasteiger partial charge in [0.15, 0.2) is 5.58 Å². The summed E-state index contributed by atoms with van der Waals surface area (Å²) in [5, 5.41) is 2.26. The van der Waals surface area contributed by atoms with E-state index in [4.69, 9.17) is 9.15 Å². The van der Waals surface area contributed by atoms with Gasteiger partial charge in [0.05, 0.1) is 12.0 Å². The molecule has 0 fully saturated rings. The van der Waals surface area contributed by atoms with Gasteiger partial charge in [-0.2, -0.15) is 0 Å². The molecule has 0 aliphatic rings. The third-order valence-electron chi connectivity index (χ3n) is 3.93. The van der Waals surface area contributed by atoms with Gasteiger partial charge in [-0.25, -0.2) is 0 Å². The maximum absolute atomic E-state index is 6.12. The van der Waals surface area contributed by atoms with Crippen LogP contribution in [0.2, 0.25) is 0 Å². The van der Waals surface area contributed by atoms with E-state index in [1.54, 1.807) is 18.9 Å². The number of fused-ring (bicyclic) bond motifs is 3. The van der Waals surface area contributed by atoms with Crippen molar-refractivity contribution in [2.75, 3.05) is 7.11 Å². The second-order valence-corrected chi connectivity index (χ2v) is 6.57. The van der Waals surface area contributed by atoms with E-state index in [-0.39, 0.29) is 0 Å². The molecule has 0 N–H and O–H groups in total. The minimum atomic E-state index is 0.835. The predicted octanol–water partition coefficient (Wildman–Crippen LogP) is 6.05.